The van der Waals surface area contributed by atoms with Crippen molar-refractivity contribution >= 4 is 46.5 Å². The minimum atomic E-state index is -1.44. The highest BCUT2D eigenvalue weighted by Gasteiger charge is 2.39. The van der Waals surface area contributed by atoms with Gasteiger partial charge in [-0.25, -0.2) is 14.6 Å². The van der Waals surface area contributed by atoms with Gasteiger partial charge in [0.05, 0.1) is 13.4 Å². The maximum Gasteiger partial charge on any atom is 0.408 e. The molecule has 14 heteroatoms. The van der Waals surface area contributed by atoms with Gasteiger partial charge in [0, 0.05) is 36.3 Å². The summed E-state index contributed by atoms with van der Waals surface area (Å²) in [6, 6.07) is 14.0. The minimum absolute atomic E-state index is 0.111. The lowest BCUT2D eigenvalue weighted by Crippen LogP contribution is -2.59. The van der Waals surface area contributed by atoms with Crippen LogP contribution in [0.25, 0.3) is 10.9 Å². The first-order valence-corrected chi connectivity index (χ1v) is 16.8. The van der Waals surface area contributed by atoms with Crippen molar-refractivity contribution in [1.29, 1.82) is 0 Å². The normalized spacial score (nSPS) is 15.9. The number of hydrogen-bond donors (Lipinski definition) is 4. The Morgan fingerprint density at radius 3 is 2.41 bits per heavy atom. The third-order valence-corrected chi connectivity index (χ3v) is 8.61. The number of carbonyl (C=O) groups excluding carboxylic acids is 5. The molecular formula is C37H45N7O7. The summed E-state index contributed by atoms with van der Waals surface area (Å²) >= 11 is 0. The Morgan fingerprint density at radius 2 is 1.71 bits per heavy atom. The number of imidazole rings is 1. The fourth-order valence-corrected chi connectivity index (χ4v) is 6.09. The first-order valence-electron chi connectivity index (χ1n) is 16.8. The minimum Gasteiger partial charge on any atom is -0.467 e. The number of esters is 1. The number of fused-ring (bicyclic) bond motifs is 1. The summed E-state index contributed by atoms with van der Waals surface area (Å²) in [5.74, 6) is -1.82. The van der Waals surface area contributed by atoms with Crippen LogP contribution in [0.2, 0.25) is 0 Å². The summed E-state index contributed by atoms with van der Waals surface area (Å²) in [6.07, 6.45) is 5.25. The van der Waals surface area contributed by atoms with Crippen LogP contribution in [-0.2, 0) is 35.1 Å². The monoisotopic (exact) mass is 699 g/mol. The number of aromatic amines is 1. The van der Waals surface area contributed by atoms with E-state index < -0.39 is 53.1 Å². The number of alkyl carbamates (subject to hydrolysis) is 1. The largest absolute Gasteiger partial charge is 0.467 e. The molecule has 2 aromatic heterocycles. The summed E-state index contributed by atoms with van der Waals surface area (Å²) in [4.78, 5) is 75.8. The van der Waals surface area contributed by atoms with Crippen LogP contribution in [0.15, 0.2) is 73.3 Å². The zero-order valence-electron chi connectivity index (χ0n) is 29.7. The van der Waals surface area contributed by atoms with Gasteiger partial charge in [-0.1, -0.05) is 48.5 Å². The first kappa shape index (κ1) is 36.6. The van der Waals surface area contributed by atoms with E-state index in [0.29, 0.717) is 24.9 Å². The number of para-hydroxylation sites is 1. The molecule has 270 valence electrons. The number of anilines is 1. The van der Waals surface area contributed by atoms with Gasteiger partial charge in [0.2, 0.25) is 11.8 Å². The van der Waals surface area contributed by atoms with Crippen molar-refractivity contribution in [1.82, 2.24) is 30.1 Å². The molecule has 51 heavy (non-hydrogen) atoms. The van der Waals surface area contributed by atoms with Crippen LogP contribution in [0.4, 0.5) is 10.6 Å². The molecule has 0 aliphatic carbocycles. The van der Waals surface area contributed by atoms with E-state index in [2.05, 4.69) is 25.9 Å². The second-order valence-corrected chi connectivity index (χ2v) is 14.1. The lowest BCUT2D eigenvalue weighted by Gasteiger charge is -2.29. The molecule has 1 aliphatic heterocycles. The predicted octanol–water partition coefficient (Wildman–Crippen LogP) is 4.09. The van der Waals surface area contributed by atoms with Crippen molar-refractivity contribution in [2.45, 2.75) is 83.1 Å². The number of amides is 4. The molecule has 4 aromatic rings. The topological polar surface area (TPSA) is 177 Å². The van der Waals surface area contributed by atoms with E-state index in [1.54, 1.807) is 31.5 Å². The summed E-state index contributed by atoms with van der Waals surface area (Å²) in [5, 5.41) is 9.07. The van der Waals surface area contributed by atoms with E-state index in [1.165, 1.54) is 38.4 Å². The maximum atomic E-state index is 14.1. The Hall–Kier alpha value is -5.66. The van der Waals surface area contributed by atoms with E-state index in [0.717, 1.165) is 16.5 Å². The van der Waals surface area contributed by atoms with Gasteiger partial charge in [-0.15, -0.1) is 0 Å². The molecule has 0 bridgehead atoms. The van der Waals surface area contributed by atoms with Crippen LogP contribution >= 0.6 is 0 Å². The van der Waals surface area contributed by atoms with Crippen LogP contribution in [0, 0.1) is 0 Å². The molecule has 5 rings (SSSR count). The molecule has 2 aromatic carbocycles. The third kappa shape index (κ3) is 8.74. The molecule has 4 N–H and O–H groups in total. The SMILES string of the molecule is COC(=O)[C@@H]1CCCN1C(=O)C(c1ccccc1)n1cnc(NC(=O)[C@@H](Cc2c[nH]c3ccccc23)NC(=O)C(C)(C)NC(=O)OC(C)(C)C)c1. The molecule has 0 radical (unpaired) electrons. The summed E-state index contributed by atoms with van der Waals surface area (Å²) in [7, 11) is 1.30. The number of ether oxygens (including phenoxy) is 2. The molecular weight excluding hydrogens is 654 g/mol. The Labute approximate surface area is 296 Å². The predicted molar refractivity (Wildman–Crippen MR) is 190 cm³/mol. The zero-order valence-corrected chi connectivity index (χ0v) is 29.7. The molecule has 4 amide bonds. The Kier molecular flexibility index (Phi) is 10.8. The van der Waals surface area contributed by atoms with Gasteiger partial charge in [-0.2, -0.15) is 0 Å². The van der Waals surface area contributed by atoms with E-state index in [1.807, 2.05) is 54.6 Å². The van der Waals surface area contributed by atoms with Crippen molar-refractivity contribution in [3.05, 3.63) is 84.4 Å². The highest BCUT2D eigenvalue weighted by molar-refractivity contribution is 5.99. The van der Waals surface area contributed by atoms with Gasteiger partial charge in [0.1, 0.15) is 29.3 Å². The van der Waals surface area contributed by atoms with E-state index in [4.69, 9.17) is 9.47 Å². The fourth-order valence-electron chi connectivity index (χ4n) is 6.09. The van der Waals surface area contributed by atoms with Crippen molar-refractivity contribution in [2.24, 2.45) is 0 Å². The molecule has 1 aliphatic rings. The second kappa shape index (κ2) is 15.1. The summed E-state index contributed by atoms with van der Waals surface area (Å²) in [6.45, 7) is 8.57. The number of carbonyl (C=O) groups is 5. The Balaban J connectivity index is 1.40. The fraction of sp³-hybridized carbons (Fsp3) is 0.405. The number of nitrogens with zero attached hydrogens (tertiary/aromatic N) is 3. The van der Waals surface area contributed by atoms with Crippen LogP contribution in [0.5, 0.6) is 0 Å². The van der Waals surface area contributed by atoms with Crippen molar-refractivity contribution in [3.63, 3.8) is 0 Å². The highest BCUT2D eigenvalue weighted by atomic mass is 16.6. The molecule has 1 unspecified atom stereocenters. The van der Waals surface area contributed by atoms with Gasteiger partial charge in [-0.3, -0.25) is 14.4 Å². The smallest absolute Gasteiger partial charge is 0.408 e. The molecule has 3 atom stereocenters. The van der Waals surface area contributed by atoms with Gasteiger partial charge < -0.3 is 39.9 Å². The standard InChI is InChI=1S/C37H45N7O7/c1-36(2,3)51-35(49)42-37(4,5)34(48)40-27(19-24-20-38-26-16-11-10-15-25(24)26)31(45)41-29-21-43(22-39-29)30(23-13-8-7-9-14-23)32(46)44-18-12-17-28(44)33(47)50-6/h7-11,13-16,20-22,27-28,30,38H,12,17-19H2,1-6H3,(H,40,48)(H,41,45)(H,42,49)/t27-,28+,30?/m1/s1. The molecule has 1 saturated heterocycles. The lowest BCUT2D eigenvalue weighted by molar-refractivity contribution is -0.151. The number of benzene rings is 2. The van der Waals surface area contributed by atoms with Gasteiger partial charge in [0.25, 0.3) is 5.91 Å². The van der Waals surface area contributed by atoms with E-state index >= 15 is 0 Å². The quantitative estimate of drug-likeness (QED) is 0.169. The van der Waals surface area contributed by atoms with Crippen molar-refractivity contribution in [3.8, 4) is 0 Å². The number of H-pyrrole nitrogens is 1. The van der Waals surface area contributed by atoms with Crippen LogP contribution in [0.1, 0.15) is 64.6 Å². The number of nitrogens with one attached hydrogen (secondary N) is 4. The zero-order chi connectivity index (χ0) is 36.9. The summed E-state index contributed by atoms with van der Waals surface area (Å²) < 4.78 is 11.9. The molecule has 14 nitrogen and oxygen atoms in total. The number of likely N-dealkylation sites (tertiary alicyclic amines) is 1. The number of hydrogen-bond acceptors (Lipinski definition) is 8. The average molecular weight is 700 g/mol. The van der Waals surface area contributed by atoms with Crippen LogP contribution in [-0.4, -0.2) is 86.1 Å². The van der Waals surface area contributed by atoms with Crippen molar-refractivity contribution < 1.29 is 33.4 Å². The molecule has 1 fully saturated rings. The third-order valence-electron chi connectivity index (χ3n) is 8.61. The van der Waals surface area contributed by atoms with E-state index in [-0.39, 0.29) is 18.1 Å². The maximum absolute atomic E-state index is 14.1. The van der Waals surface area contributed by atoms with Gasteiger partial charge in [0.15, 0.2) is 5.82 Å². The number of rotatable bonds is 11. The first-order chi connectivity index (χ1) is 24.2. The summed E-state index contributed by atoms with van der Waals surface area (Å²) in [5.41, 5.74) is 0.100. The average Bonchev–Trinajstić information content (AvgIpc) is 3.84. The lowest BCUT2D eigenvalue weighted by atomic mass is 10.0. The second-order valence-electron chi connectivity index (χ2n) is 14.1. The van der Waals surface area contributed by atoms with Crippen LogP contribution < -0.4 is 16.0 Å². The van der Waals surface area contributed by atoms with Gasteiger partial charge >= 0.3 is 12.1 Å². The molecule has 0 spiro atoms. The van der Waals surface area contributed by atoms with Gasteiger partial charge in [-0.05, 0) is 64.7 Å². The Bertz CT molecular complexity index is 1890. The molecule has 3 heterocycles. The Morgan fingerprint density at radius 1 is 1.00 bits per heavy atom. The molecule has 0 saturated carbocycles. The highest BCUT2D eigenvalue weighted by Crippen LogP contribution is 2.28. The van der Waals surface area contributed by atoms with Crippen LogP contribution in [0.3, 0.4) is 0 Å². The number of aromatic nitrogens is 3. The van der Waals surface area contributed by atoms with Crippen molar-refractivity contribution in [2.75, 3.05) is 19.0 Å². The van der Waals surface area contributed by atoms with E-state index in [9.17, 15) is 24.0 Å². The number of methoxy groups -OCH3 is 1.